The quantitative estimate of drug-likeness (QED) is 0.738. The largest absolute Gasteiger partial charge is 0.370 e. The minimum absolute atomic E-state index is 0.171. The Hall–Kier alpha value is -0.670. The summed E-state index contributed by atoms with van der Waals surface area (Å²) in [6, 6.07) is 3.97. The van der Waals surface area contributed by atoms with Gasteiger partial charge in [0.25, 0.3) is 0 Å². The average Bonchev–Trinajstić information content (AvgIpc) is 2.84. The highest BCUT2D eigenvalue weighted by atomic mass is 32.1. The molecule has 0 saturated carbocycles. The smallest absolute Gasteiger partial charge is 0.201 e. The lowest BCUT2D eigenvalue weighted by Crippen LogP contribution is -2.24. The number of thiophene rings is 1. The maximum Gasteiger partial charge on any atom is 0.201 e. The molecule has 1 aromatic rings. The lowest BCUT2D eigenvalue weighted by atomic mass is 10.00. The van der Waals surface area contributed by atoms with E-state index in [0.717, 1.165) is 24.3 Å². The van der Waals surface area contributed by atoms with E-state index >= 15 is 0 Å². The second-order valence-corrected chi connectivity index (χ2v) is 5.21. The monoisotopic (exact) mass is 224 g/mol. The van der Waals surface area contributed by atoms with E-state index < -0.39 is 0 Å². The molecule has 0 bridgehead atoms. The van der Waals surface area contributed by atoms with Gasteiger partial charge in [-0.1, -0.05) is 13.8 Å². The predicted octanol–water partition coefficient (Wildman–Crippen LogP) is 2.92. The summed E-state index contributed by atoms with van der Waals surface area (Å²) in [5.74, 6) is 0.536. The van der Waals surface area contributed by atoms with Crippen molar-refractivity contribution in [2.24, 2.45) is 5.92 Å². The van der Waals surface area contributed by atoms with Crippen LogP contribution in [0.2, 0.25) is 0 Å². The Morgan fingerprint density at radius 1 is 1.60 bits per heavy atom. The Balaban J connectivity index is 2.13. The van der Waals surface area contributed by atoms with Crippen molar-refractivity contribution in [3.8, 4) is 0 Å². The third-order valence-electron chi connectivity index (χ3n) is 2.90. The molecule has 0 amide bonds. The van der Waals surface area contributed by atoms with E-state index in [-0.39, 0.29) is 11.9 Å². The molecule has 0 spiro atoms. The fraction of sp³-hybridized carbons (Fsp3) is 0.583. The molecule has 1 saturated heterocycles. The lowest BCUT2D eigenvalue weighted by molar-refractivity contribution is 0.0583. The van der Waals surface area contributed by atoms with Gasteiger partial charge in [-0.2, -0.15) is 0 Å². The molecule has 2 atom stereocenters. The van der Waals surface area contributed by atoms with Crippen LogP contribution in [0.15, 0.2) is 12.1 Å². The number of ether oxygens (including phenoxy) is 1. The maximum atomic E-state index is 12.1. The molecule has 0 aliphatic carbocycles. The van der Waals surface area contributed by atoms with Gasteiger partial charge in [-0.25, -0.2) is 0 Å². The van der Waals surface area contributed by atoms with Crippen LogP contribution >= 0.6 is 11.3 Å². The van der Waals surface area contributed by atoms with Crippen molar-refractivity contribution < 1.29 is 9.53 Å². The zero-order chi connectivity index (χ0) is 10.8. The maximum absolute atomic E-state index is 12.1. The summed E-state index contributed by atoms with van der Waals surface area (Å²) in [6.45, 7) is 4.92. The highest BCUT2D eigenvalue weighted by molar-refractivity contribution is 7.14. The molecule has 1 aliphatic heterocycles. The van der Waals surface area contributed by atoms with E-state index in [0.29, 0.717) is 5.92 Å². The van der Waals surface area contributed by atoms with Gasteiger partial charge in [0.05, 0.1) is 4.88 Å². The second kappa shape index (κ2) is 4.45. The van der Waals surface area contributed by atoms with E-state index in [1.807, 2.05) is 12.1 Å². The number of Topliss-reactive ketones (excluding diaryl/α,β-unsaturated/α-hetero) is 1. The minimum Gasteiger partial charge on any atom is -0.370 e. The number of carbonyl (C=O) groups excluding carboxylic acids is 1. The van der Waals surface area contributed by atoms with E-state index in [1.54, 1.807) is 11.3 Å². The first-order valence-corrected chi connectivity index (χ1v) is 6.28. The van der Waals surface area contributed by atoms with Crippen molar-refractivity contribution >= 4 is 17.1 Å². The number of hydrogen-bond acceptors (Lipinski definition) is 3. The van der Waals surface area contributed by atoms with Gasteiger partial charge in [0.1, 0.15) is 6.10 Å². The van der Waals surface area contributed by atoms with Crippen molar-refractivity contribution in [3.05, 3.63) is 21.9 Å². The van der Waals surface area contributed by atoms with Crippen LogP contribution in [0.1, 0.15) is 34.8 Å². The van der Waals surface area contributed by atoms with Crippen molar-refractivity contribution in [1.82, 2.24) is 0 Å². The number of hydrogen-bond donors (Lipinski definition) is 0. The number of aryl methyl sites for hydroxylation is 1. The van der Waals surface area contributed by atoms with E-state index in [1.165, 1.54) is 4.88 Å². The van der Waals surface area contributed by atoms with Crippen LogP contribution in [0.5, 0.6) is 0 Å². The van der Waals surface area contributed by atoms with Gasteiger partial charge in [0.15, 0.2) is 0 Å². The summed E-state index contributed by atoms with van der Waals surface area (Å²) in [5.41, 5.74) is 0. The van der Waals surface area contributed by atoms with Crippen LogP contribution in [0.3, 0.4) is 0 Å². The van der Waals surface area contributed by atoms with Crippen LogP contribution < -0.4 is 0 Å². The van der Waals surface area contributed by atoms with E-state index in [9.17, 15) is 4.79 Å². The molecule has 0 radical (unpaired) electrons. The Morgan fingerprint density at radius 2 is 2.40 bits per heavy atom. The molecular weight excluding hydrogens is 208 g/mol. The first kappa shape index (κ1) is 10.8. The molecule has 2 unspecified atom stereocenters. The topological polar surface area (TPSA) is 26.3 Å². The molecule has 2 nitrogen and oxygen atoms in total. The Bertz CT molecular complexity index is 356. The molecule has 0 N–H and O–H groups in total. The van der Waals surface area contributed by atoms with Crippen LogP contribution in [0.4, 0.5) is 0 Å². The fourth-order valence-electron chi connectivity index (χ4n) is 1.87. The first-order chi connectivity index (χ1) is 7.22. The summed E-state index contributed by atoms with van der Waals surface area (Å²) in [6.07, 6.45) is 1.80. The molecule has 82 valence electrons. The summed E-state index contributed by atoms with van der Waals surface area (Å²) in [7, 11) is 0. The van der Waals surface area contributed by atoms with E-state index in [4.69, 9.17) is 4.74 Å². The standard InChI is InChI=1S/C12H16O2S/c1-3-9-4-5-10(15-9)11(13)12-8(2)6-7-14-12/h4-5,8,12H,3,6-7H2,1-2H3. The Labute approximate surface area is 94.3 Å². The van der Waals surface area contributed by atoms with Gasteiger partial charge in [0, 0.05) is 11.5 Å². The SMILES string of the molecule is CCc1ccc(C(=O)C2OCCC2C)s1. The zero-order valence-corrected chi connectivity index (χ0v) is 9.97. The van der Waals surface area contributed by atoms with Crippen LogP contribution in [0, 0.1) is 5.92 Å². The Kier molecular flexibility index (Phi) is 3.22. The van der Waals surface area contributed by atoms with Gasteiger partial charge < -0.3 is 4.74 Å². The zero-order valence-electron chi connectivity index (χ0n) is 9.16. The normalized spacial score (nSPS) is 25.7. The molecule has 3 heteroatoms. The van der Waals surface area contributed by atoms with Crippen LogP contribution in [-0.4, -0.2) is 18.5 Å². The average molecular weight is 224 g/mol. The molecule has 0 aromatic carbocycles. The molecule has 1 fully saturated rings. The molecule has 2 heterocycles. The summed E-state index contributed by atoms with van der Waals surface area (Å²) >= 11 is 1.60. The van der Waals surface area contributed by atoms with Crippen LogP contribution in [-0.2, 0) is 11.2 Å². The second-order valence-electron chi connectivity index (χ2n) is 4.04. The molecule has 1 aliphatic rings. The van der Waals surface area contributed by atoms with Crippen molar-refractivity contribution in [1.29, 1.82) is 0 Å². The first-order valence-electron chi connectivity index (χ1n) is 5.47. The third kappa shape index (κ3) is 2.13. The summed E-state index contributed by atoms with van der Waals surface area (Å²) < 4.78 is 5.48. The molecule has 1 aromatic heterocycles. The van der Waals surface area contributed by atoms with Gasteiger partial charge >= 0.3 is 0 Å². The molecule has 15 heavy (non-hydrogen) atoms. The highest BCUT2D eigenvalue weighted by Gasteiger charge is 2.32. The summed E-state index contributed by atoms with van der Waals surface area (Å²) in [4.78, 5) is 14.2. The highest BCUT2D eigenvalue weighted by Crippen LogP contribution is 2.26. The molecular formula is C12H16O2S. The van der Waals surface area contributed by atoms with Gasteiger partial charge in [0.2, 0.25) is 5.78 Å². The van der Waals surface area contributed by atoms with Crippen molar-refractivity contribution in [3.63, 3.8) is 0 Å². The van der Waals surface area contributed by atoms with Crippen molar-refractivity contribution in [2.45, 2.75) is 32.8 Å². The number of rotatable bonds is 3. The van der Waals surface area contributed by atoms with E-state index in [2.05, 4.69) is 13.8 Å². The van der Waals surface area contributed by atoms with Gasteiger partial charge in [-0.05, 0) is 30.9 Å². The van der Waals surface area contributed by atoms with Gasteiger partial charge in [-0.3, -0.25) is 4.79 Å². The van der Waals surface area contributed by atoms with Gasteiger partial charge in [-0.15, -0.1) is 11.3 Å². The summed E-state index contributed by atoms with van der Waals surface area (Å²) in [5, 5.41) is 0. The number of ketones is 1. The molecule has 2 rings (SSSR count). The van der Waals surface area contributed by atoms with Crippen LogP contribution in [0.25, 0.3) is 0 Å². The van der Waals surface area contributed by atoms with Crippen molar-refractivity contribution in [2.75, 3.05) is 6.61 Å². The lowest BCUT2D eigenvalue weighted by Gasteiger charge is -2.11. The predicted molar refractivity (Wildman–Crippen MR) is 61.5 cm³/mol. The fourth-order valence-corrected chi connectivity index (χ4v) is 2.79. The third-order valence-corrected chi connectivity index (χ3v) is 4.14. The number of carbonyl (C=O) groups is 1. The minimum atomic E-state index is -0.201. The Morgan fingerprint density at radius 3 is 2.93 bits per heavy atom.